The number of benzene rings is 1. The number of rotatable bonds is 4. The van der Waals surface area contributed by atoms with E-state index in [1.807, 2.05) is 26.0 Å². The van der Waals surface area contributed by atoms with Crippen molar-refractivity contribution in [1.29, 1.82) is 0 Å². The van der Waals surface area contributed by atoms with Gasteiger partial charge >= 0.3 is 0 Å². The summed E-state index contributed by atoms with van der Waals surface area (Å²) in [6.45, 7) is 3.73. The van der Waals surface area contributed by atoms with E-state index in [0.29, 0.717) is 17.0 Å². The molecule has 1 N–H and O–H groups in total. The molecule has 1 aliphatic rings. The monoisotopic (exact) mass is 388 g/mol. The molecule has 136 valence electrons. The summed E-state index contributed by atoms with van der Waals surface area (Å²) in [5.41, 5.74) is 3.65. The molecule has 0 fully saturated rings. The first-order chi connectivity index (χ1) is 12.5. The highest BCUT2D eigenvalue weighted by Crippen LogP contribution is 2.40. The smallest absolute Gasteiger partial charge is 0.263 e. The summed E-state index contributed by atoms with van der Waals surface area (Å²) in [4.78, 5) is 1.92. The van der Waals surface area contributed by atoms with Crippen molar-refractivity contribution in [3.63, 3.8) is 0 Å². The zero-order chi connectivity index (χ0) is 18.3. The molecule has 0 bridgehead atoms. The molecule has 0 unspecified atom stereocenters. The lowest BCUT2D eigenvalue weighted by molar-refractivity contribution is 0.431. The lowest BCUT2D eigenvalue weighted by atomic mass is 9.91. The molecule has 4 rings (SSSR count). The Morgan fingerprint density at radius 3 is 2.69 bits per heavy atom. The molecular formula is C19H20N2O3S2. The van der Waals surface area contributed by atoms with Gasteiger partial charge in [-0.15, -0.1) is 11.3 Å². The Balaban J connectivity index is 1.80. The van der Waals surface area contributed by atoms with Crippen molar-refractivity contribution < 1.29 is 12.9 Å². The van der Waals surface area contributed by atoms with Gasteiger partial charge in [0.15, 0.2) is 5.76 Å². The average molecular weight is 389 g/mol. The molecule has 7 heteroatoms. The number of aryl methyl sites for hydroxylation is 3. The van der Waals surface area contributed by atoms with Gasteiger partial charge < -0.3 is 4.52 Å². The van der Waals surface area contributed by atoms with E-state index in [-0.39, 0.29) is 4.90 Å². The Bertz CT molecular complexity index is 1050. The Kier molecular flexibility index (Phi) is 4.36. The number of thiophene rings is 1. The summed E-state index contributed by atoms with van der Waals surface area (Å²) in [5.74, 6) is 0.474. The first-order valence-electron chi connectivity index (χ1n) is 8.62. The van der Waals surface area contributed by atoms with Crippen molar-refractivity contribution in [3.05, 3.63) is 51.3 Å². The van der Waals surface area contributed by atoms with Crippen molar-refractivity contribution in [3.8, 4) is 11.3 Å². The first kappa shape index (κ1) is 17.3. The minimum atomic E-state index is -3.74. The summed E-state index contributed by atoms with van der Waals surface area (Å²) < 4.78 is 34.6. The van der Waals surface area contributed by atoms with Crippen molar-refractivity contribution in [1.82, 2.24) is 5.16 Å². The van der Waals surface area contributed by atoms with Gasteiger partial charge in [0, 0.05) is 15.8 Å². The second-order valence-corrected chi connectivity index (χ2v) is 9.60. The topological polar surface area (TPSA) is 72.2 Å². The fourth-order valence-electron chi connectivity index (χ4n) is 3.69. The number of nitrogens with one attached hydrogen (secondary N) is 1. The van der Waals surface area contributed by atoms with Crippen LogP contribution < -0.4 is 4.72 Å². The molecule has 0 amide bonds. The lowest BCUT2D eigenvalue weighted by Crippen LogP contribution is -2.17. The van der Waals surface area contributed by atoms with E-state index >= 15 is 0 Å². The van der Waals surface area contributed by atoms with E-state index in [2.05, 4.69) is 15.9 Å². The summed E-state index contributed by atoms with van der Waals surface area (Å²) in [7, 11) is -3.74. The number of nitrogens with zero attached hydrogens (tertiary/aromatic N) is 1. The zero-order valence-corrected chi connectivity index (χ0v) is 16.3. The molecule has 0 aliphatic heterocycles. The highest BCUT2D eigenvalue weighted by atomic mass is 32.2. The van der Waals surface area contributed by atoms with Gasteiger partial charge in [-0.1, -0.05) is 17.3 Å². The molecule has 1 aromatic carbocycles. The number of hydrogen-bond acceptors (Lipinski definition) is 5. The number of fused-ring (bicyclic) bond motifs is 1. The van der Waals surface area contributed by atoms with Gasteiger partial charge in [0.25, 0.3) is 10.0 Å². The normalized spacial score (nSPS) is 14.2. The number of sulfonamides is 1. The van der Waals surface area contributed by atoms with Crippen LogP contribution in [0.25, 0.3) is 11.3 Å². The van der Waals surface area contributed by atoms with Gasteiger partial charge in [0.1, 0.15) is 4.90 Å². The van der Waals surface area contributed by atoms with Crippen LogP contribution in [0.15, 0.2) is 39.9 Å². The second-order valence-electron chi connectivity index (χ2n) is 6.55. The van der Waals surface area contributed by atoms with Crippen molar-refractivity contribution in [2.75, 3.05) is 4.72 Å². The highest BCUT2D eigenvalue weighted by Gasteiger charge is 2.29. The molecule has 26 heavy (non-hydrogen) atoms. The van der Waals surface area contributed by atoms with Crippen LogP contribution in [0.5, 0.6) is 0 Å². The molecular weight excluding hydrogens is 368 g/mol. The van der Waals surface area contributed by atoms with Crippen LogP contribution in [-0.4, -0.2) is 13.6 Å². The Morgan fingerprint density at radius 1 is 1.12 bits per heavy atom. The standard InChI is InChI=1S/C19H20N2O3S2/c1-12-18(17-10-11-20-24-17)19(13(2)25-12)26(22,23)21-16-9-5-7-14-6-3-4-8-15(14)16/h5,7,9-11,21H,3-4,6,8H2,1-2H3. The van der Waals surface area contributed by atoms with Gasteiger partial charge in [-0.3, -0.25) is 4.72 Å². The van der Waals surface area contributed by atoms with Crippen LogP contribution in [-0.2, 0) is 22.9 Å². The van der Waals surface area contributed by atoms with E-state index in [1.54, 1.807) is 6.07 Å². The maximum atomic E-state index is 13.3. The Labute approximate surface area is 157 Å². The van der Waals surface area contributed by atoms with E-state index in [1.165, 1.54) is 23.1 Å². The average Bonchev–Trinajstić information content (AvgIpc) is 3.22. The Hall–Kier alpha value is -2.12. The molecule has 1 aliphatic carbocycles. The van der Waals surface area contributed by atoms with Crippen molar-refractivity contribution >= 4 is 27.0 Å². The van der Waals surface area contributed by atoms with Gasteiger partial charge in [-0.05, 0) is 56.7 Å². The third-order valence-corrected chi connectivity index (χ3v) is 7.48. The fraction of sp³-hybridized carbons (Fsp3) is 0.316. The third kappa shape index (κ3) is 2.95. The Morgan fingerprint density at radius 2 is 1.92 bits per heavy atom. The predicted molar refractivity (Wildman–Crippen MR) is 103 cm³/mol. The van der Waals surface area contributed by atoms with Crippen LogP contribution >= 0.6 is 11.3 Å². The summed E-state index contributed by atoms with van der Waals surface area (Å²) in [5, 5.41) is 3.73. The lowest BCUT2D eigenvalue weighted by Gasteiger charge is -2.20. The molecule has 5 nitrogen and oxygen atoms in total. The van der Waals surface area contributed by atoms with E-state index in [0.717, 1.165) is 41.0 Å². The van der Waals surface area contributed by atoms with Crippen molar-refractivity contribution in [2.45, 2.75) is 44.4 Å². The maximum Gasteiger partial charge on any atom is 0.263 e. The zero-order valence-electron chi connectivity index (χ0n) is 14.7. The van der Waals surface area contributed by atoms with Gasteiger partial charge in [0.05, 0.1) is 17.4 Å². The summed E-state index contributed by atoms with van der Waals surface area (Å²) in [6, 6.07) is 7.56. The van der Waals surface area contributed by atoms with Gasteiger partial charge in [-0.25, -0.2) is 8.42 Å². The van der Waals surface area contributed by atoms with E-state index < -0.39 is 10.0 Å². The van der Waals surface area contributed by atoms with Gasteiger partial charge in [-0.2, -0.15) is 0 Å². The highest BCUT2D eigenvalue weighted by molar-refractivity contribution is 7.93. The predicted octanol–water partition coefficient (Wildman–Crippen LogP) is 4.70. The molecule has 2 aromatic heterocycles. The minimum absolute atomic E-state index is 0.283. The SMILES string of the molecule is Cc1sc(C)c(S(=O)(=O)Nc2cccc3c2CCCC3)c1-c1ccno1. The molecule has 0 saturated carbocycles. The van der Waals surface area contributed by atoms with Crippen LogP contribution in [0.4, 0.5) is 5.69 Å². The van der Waals surface area contributed by atoms with Gasteiger partial charge in [0.2, 0.25) is 0 Å². The molecule has 0 saturated heterocycles. The number of anilines is 1. The summed E-state index contributed by atoms with van der Waals surface area (Å²) >= 11 is 1.45. The van der Waals surface area contributed by atoms with Crippen LogP contribution in [0.2, 0.25) is 0 Å². The molecule has 0 radical (unpaired) electrons. The van der Waals surface area contributed by atoms with Crippen molar-refractivity contribution in [2.24, 2.45) is 0 Å². The molecule has 0 atom stereocenters. The maximum absolute atomic E-state index is 13.3. The van der Waals surface area contributed by atoms with Crippen LogP contribution in [0.3, 0.4) is 0 Å². The largest absolute Gasteiger partial charge is 0.356 e. The van der Waals surface area contributed by atoms with E-state index in [4.69, 9.17) is 4.52 Å². The first-order valence-corrected chi connectivity index (χ1v) is 10.9. The summed E-state index contributed by atoms with van der Waals surface area (Å²) in [6.07, 6.45) is 5.68. The molecule has 2 heterocycles. The fourth-order valence-corrected chi connectivity index (χ4v) is 6.65. The number of hydrogen-bond donors (Lipinski definition) is 1. The quantitative estimate of drug-likeness (QED) is 0.703. The van der Waals surface area contributed by atoms with Crippen LogP contribution in [0, 0.1) is 13.8 Å². The third-order valence-electron chi connectivity index (χ3n) is 4.80. The second kappa shape index (κ2) is 6.55. The number of aromatic nitrogens is 1. The minimum Gasteiger partial charge on any atom is -0.356 e. The molecule has 3 aromatic rings. The molecule has 0 spiro atoms. The van der Waals surface area contributed by atoms with Crippen LogP contribution in [0.1, 0.15) is 33.7 Å². The van der Waals surface area contributed by atoms with E-state index in [9.17, 15) is 8.42 Å².